The Hall–Kier alpha value is -1.27. The van der Waals surface area contributed by atoms with Gasteiger partial charge < -0.3 is 5.73 Å². The molecule has 0 spiro atoms. The molecule has 0 aliphatic heterocycles. The summed E-state index contributed by atoms with van der Waals surface area (Å²) in [7, 11) is 0. The van der Waals surface area contributed by atoms with E-state index < -0.39 is 0 Å². The molecular formula is C11H14BrN5. The number of hydrogen-bond donors (Lipinski definition) is 1. The largest absolute Gasteiger partial charge is 0.319 e. The van der Waals surface area contributed by atoms with E-state index in [1.165, 1.54) is 0 Å². The molecule has 0 amide bonds. The average molecular weight is 296 g/mol. The first-order valence-electron chi connectivity index (χ1n) is 5.46. The molecule has 0 saturated carbocycles. The maximum absolute atomic E-state index is 6.20. The number of aromatic nitrogens is 4. The Kier molecular flexibility index (Phi) is 3.86. The van der Waals surface area contributed by atoms with Crippen LogP contribution in [0.5, 0.6) is 0 Å². The van der Waals surface area contributed by atoms with Crippen molar-refractivity contribution in [3.8, 4) is 0 Å². The van der Waals surface area contributed by atoms with Crippen molar-refractivity contribution in [2.75, 3.05) is 0 Å². The van der Waals surface area contributed by atoms with Crippen molar-refractivity contribution >= 4 is 15.9 Å². The smallest absolute Gasteiger partial charge is 0.0800 e. The number of hydrogen-bond acceptors (Lipinski definition) is 4. The molecule has 5 nitrogen and oxygen atoms in total. The normalized spacial score (nSPS) is 12.6. The van der Waals surface area contributed by atoms with Crippen LogP contribution in [-0.2, 0) is 6.54 Å². The zero-order valence-corrected chi connectivity index (χ0v) is 11.1. The molecule has 0 aliphatic rings. The predicted molar refractivity (Wildman–Crippen MR) is 68.3 cm³/mol. The highest BCUT2D eigenvalue weighted by Crippen LogP contribution is 2.20. The molecule has 90 valence electrons. The lowest BCUT2D eigenvalue weighted by Gasteiger charge is -2.13. The molecule has 2 N–H and O–H groups in total. The van der Waals surface area contributed by atoms with E-state index in [1.54, 1.807) is 18.6 Å². The zero-order chi connectivity index (χ0) is 12.3. The van der Waals surface area contributed by atoms with Crippen LogP contribution in [0.4, 0.5) is 0 Å². The molecule has 0 saturated heterocycles. The van der Waals surface area contributed by atoms with Gasteiger partial charge in [-0.3, -0.25) is 4.98 Å². The van der Waals surface area contributed by atoms with E-state index in [1.807, 2.05) is 10.7 Å². The molecule has 2 heterocycles. The Morgan fingerprint density at radius 1 is 1.41 bits per heavy atom. The fraction of sp³-hybridized carbons (Fsp3) is 0.364. The minimum absolute atomic E-state index is 0.249. The first-order valence-corrected chi connectivity index (χ1v) is 6.26. The number of aryl methyl sites for hydroxylation is 1. The summed E-state index contributed by atoms with van der Waals surface area (Å²) in [4.78, 5) is 4.11. The maximum atomic E-state index is 6.20. The van der Waals surface area contributed by atoms with E-state index in [-0.39, 0.29) is 6.04 Å². The van der Waals surface area contributed by atoms with Gasteiger partial charge in [0, 0.05) is 23.4 Å². The summed E-state index contributed by atoms with van der Waals surface area (Å²) in [6, 6.07) is 1.71. The van der Waals surface area contributed by atoms with Gasteiger partial charge in [0.05, 0.1) is 17.9 Å². The highest BCUT2D eigenvalue weighted by molar-refractivity contribution is 9.10. The first kappa shape index (κ1) is 12.2. The van der Waals surface area contributed by atoms with E-state index in [4.69, 9.17) is 5.73 Å². The Balaban J connectivity index is 2.30. The molecule has 2 rings (SSSR count). The van der Waals surface area contributed by atoms with Crippen LogP contribution in [0.15, 0.2) is 29.1 Å². The topological polar surface area (TPSA) is 69.6 Å². The Morgan fingerprint density at radius 3 is 2.94 bits per heavy atom. The van der Waals surface area contributed by atoms with Crippen molar-refractivity contribution in [2.24, 2.45) is 5.73 Å². The molecule has 0 aliphatic carbocycles. The van der Waals surface area contributed by atoms with Crippen LogP contribution in [0.2, 0.25) is 0 Å². The summed E-state index contributed by atoms with van der Waals surface area (Å²) in [6.45, 7) is 2.92. The lowest BCUT2D eigenvalue weighted by atomic mass is 10.1. The summed E-state index contributed by atoms with van der Waals surface area (Å²) in [5, 5.41) is 7.94. The molecule has 0 fully saturated rings. The van der Waals surface area contributed by atoms with E-state index in [0.29, 0.717) is 0 Å². The van der Waals surface area contributed by atoms with Crippen LogP contribution in [0.25, 0.3) is 0 Å². The van der Waals surface area contributed by atoms with Gasteiger partial charge in [0.1, 0.15) is 0 Å². The highest BCUT2D eigenvalue weighted by atomic mass is 79.9. The zero-order valence-electron chi connectivity index (χ0n) is 9.55. The lowest BCUT2D eigenvalue weighted by molar-refractivity contribution is 0.543. The van der Waals surface area contributed by atoms with E-state index in [2.05, 4.69) is 38.1 Å². The Labute approximate surface area is 108 Å². The van der Waals surface area contributed by atoms with Crippen LogP contribution < -0.4 is 5.73 Å². The number of rotatable bonds is 4. The molecule has 0 radical (unpaired) electrons. The fourth-order valence-corrected chi connectivity index (χ4v) is 2.04. The summed E-state index contributed by atoms with van der Waals surface area (Å²) < 4.78 is 2.76. The number of halogens is 1. The van der Waals surface area contributed by atoms with Gasteiger partial charge in [-0.25, -0.2) is 4.68 Å². The van der Waals surface area contributed by atoms with Crippen molar-refractivity contribution in [3.05, 3.63) is 40.4 Å². The third kappa shape index (κ3) is 2.70. The number of nitrogens with zero attached hydrogens (tertiary/aromatic N) is 4. The Morgan fingerprint density at radius 2 is 2.24 bits per heavy atom. The van der Waals surface area contributed by atoms with Crippen LogP contribution in [0, 0.1) is 0 Å². The molecule has 2 aromatic rings. The monoisotopic (exact) mass is 295 g/mol. The molecule has 2 aromatic heterocycles. The van der Waals surface area contributed by atoms with Crippen LogP contribution in [0.1, 0.15) is 30.6 Å². The van der Waals surface area contributed by atoms with E-state index >= 15 is 0 Å². The number of pyridine rings is 1. The molecule has 1 unspecified atom stereocenters. The average Bonchev–Trinajstić information content (AvgIpc) is 2.77. The third-order valence-corrected chi connectivity index (χ3v) is 2.92. The second-order valence-electron chi connectivity index (χ2n) is 3.80. The quantitative estimate of drug-likeness (QED) is 0.935. The molecule has 1 atom stereocenters. The second-order valence-corrected chi connectivity index (χ2v) is 4.71. The minimum Gasteiger partial charge on any atom is -0.319 e. The van der Waals surface area contributed by atoms with Crippen molar-refractivity contribution in [3.63, 3.8) is 0 Å². The predicted octanol–water partition coefficient (Wildman–Crippen LogP) is 1.89. The highest BCUT2D eigenvalue weighted by Gasteiger charge is 2.15. The minimum atomic E-state index is -0.249. The van der Waals surface area contributed by atoms with Gasteiger partial charge in [-0.05, 0) is 34.0 Å². The van der Waals surface area contributed by atoms with E-state index in [0.717, 1.165) is 28.7 Å². The summed E-state index contributed by atoms with van der Waals surface area (Å²) in [5.41, 5.74) is 8.05. The standard InChI is InChI=1S/C11H14BrN5/c1-2-3-17-10(7-15-16-17)11(13)8-4-9(12)6-14-5-8/h4-7,11H,2-3,13H2,1H3. The van der Waals surface area contributed by atoms with Gasteiger partial charge in [0.25, 0.3) is 0 Å². The molecule has 0 bridgehead atoms. The second kappa shape index (κ2) is 5.37. The van der Waals surface area contributed by atoms with Crippen molar-refractivity contribution in [2.45, 2.75) is 25.9 Å². The maximum Gasteiger partial charge on any atom is 0.0800 e. The molecule has 17 heavy (non-hydrogen) atoms. The molecule has 0 aromatic carbocycles. The van der Waals surface area contributed by atoms with Gasteiger partial charge in [0.2, 0.25) is 0 Å². The van der Waals surface area contributed by atoms with Gasteiger partial charge in [-0.2, -0.15) is 0 Å². The van der Waals surface area contributed by atoms with E-state index in [9.17, 15) is 0 Å². The first-order chi connectivity index (χ1) is 8.22. The van der Waals surface area contributed by atoms with Gasteiger partial charge in [-0.1, -0.05) is 12.1 Å². The fourth-order valence-electron chi connectivity index (χ4n) is 1.66. The number of nitrogens with two attached hydrogens (primary N) is 1. The summed E-state index contributed by atoms with van der Waals surface area (Å²) >= 11 is 3.39. The summed E-state index contributed by atoms with van der Waals surface area (Å²) in [6.07, 6.45) is 6.21. The Bertz CT molecular complexity index is 496. The van der Waals surface area contributed by atoms with Crippen molar-refractivity contribution in [1.29, 1.82) is 0 Å². The lowest BCUT2D eigenvalue weighted by Crippen LogP contribution is -2.17. The van der Waals surface area contributed by atoms with Crippen LogP contribution in [0.3, 0.4) is 0 Å². The van der Waals surface area contributed by atoms with Crippen LogP contribution >= 0.6 is 15.9 Å². The third-order valence-electron chi connectivity index (χ3n) is 2.49. The van der Waals surface area contributed by atoms with Crippen molar-refractivity contribution < 1.29 is 0 Å². The SMILES string of the molecule is CCCn1nncc1C(N)c1cncc(Br)c1. The summed E-state index contributed by atoms with van der Waals surface area (Å²) in [5.74, 6) is 0. The van der Waals surface area contributed by atoms with Gasteiger partial charge in [-0.15, -0.1) is 5.10 Å². The molecule has 6 heteroatoms. The van der Waals surface area contributed by atoms with Crippen molar-refractivity contribution in [1.82, 2.24) is 20.0 Å². The van der Waals surface area contributed by atoms with Gasteiger partial charge >= 0.3 is 0 Å². The van der Waals surface area contributed by atoms with Crippen LogP contribution in [-0.4, -0.2) is 20.0 Å². The molecular weight excluding hydrogens is 282 g/mol. The van der Waals surface area contributed by atoms with Gasteiger partial charge in [0.15, 0.2) is 0 Å².